The van der Waals surface area contributed by atoms with Gasteiger partial charge in [0.25, 0.3) is 5.84 Å². The molecule has 1 amide bonds. The molecule has 39 heavy (non-hydrogen) atoms. The van der Waals surface area contributed by atoms with E-state index in [1.807, 2.05) is 18.5 Å². The monoisotopic (exact) mass is 545 g/mol. The first-order valence-corrected chi connectivity index (χ1v) is 12.8. The minimum Gasteiger partial charge on any atom is -0.465 e. The van der Waals surface area contributed by atoms with Gasteiger partial charge in [0, 0.05) is 43.3 Å². The van der Waals surface area contributed by atoms with E-state index in [0.29, 0.717) is 12.3 Å². The number of allylic oxidation sites excluding steroid dienone is 3. The second-order valence-electron chi connectivity index (χ2n) is 10.6. The van der Waals surface area contributed by atoms with E-state index in [9.17, 15) is 23.1 Å². The number of carboxylic acid groups (broad SMARTS) is 1. The highest BCUT2D eigenvalue weighted by Gasteiger charge is 2.38. The molecule has 11 heteroatoms. The van der Waals surface area contributed by atoms with E-state index in [1.54, 1.807) is 13.8 Å². The van der Waals surface area contributed by atoms with Crippen molar-refractivity contribution in [3.63, 3.8) is 0 Å². The van der Waals surface area contributed by atoms with Crippen molar-refractivity contribution in [1.29, 1.82) is 0 Å². The number of halogens is 3. The van der Waals surface area contributed by atoms with Gasteiger partial charge < -0.3 is 19.7 Å². The van der Waals surface area contributed by atoms with Gasteiger partial charge in [-0.3, -0.25) is 4.99 Å². The lowest BCUT2D eigenvalue weighted by atomic mass is 9.80. The number of rotatable bonds is 8. The summed E-state index contributed by atoms with van der Waals surface area (Å²) in [5.41, 5.74) is 0.762. The first-order chi connectivity index (χ1) is 18.4. The fourth-order valence-corrected chi connectivity index (χ4v) is 5.05. The average Bonchev–Trinajstić information content (AvgIpc) is 3.20. The standard InChI is InChI=1S/C28H34F3N5O3/c1-5-20-9-6-7-12-23-24(14-20)36(19-33-23)16-22-11-8-10-21(13-22)15-35(26(37)38)18-27(2,3)17-32-25(34-39-4)28(29,30)31/h1,9,14,17,19,21-23H,6,8,10-11,13,15-16,18H2,2-4H3,(H,37,38)/b20-9?,24-14?,32-17?,34-25-. The van der Waals surface area contributed by atoms with Crippen LogP contribution < -0.4 is 0 Å². The molecule has 0 spiro atoms. The van der Waals surface area contributed by atoms with Crippen LogP contribution in [0.25, 0.3) is 0 Å². The average molecular weight is 546 g/mol. The molecule has 0 aromatic rings. The lowest BCUT2D eigenvalue weighted by Gasteiger charge is -2.36. The number of aliphatic imine (C=N–C) groups is 2. The fraction of sp³-hybridized carbons (Fsp3) is 0.571. The van der Waals surface area contributed by atoms with Gasteiger partial charge in [-0.15, -0.1) is 6.42 Å². The molecular formula is C28H34F3N5O3. The molecule has 3 rings (SSSR count). The Labute approximate surface area is 227 Å². The summed E-state index contributed by atoms with van der Waals surface area (Å²) in [6, 6.07) is -0.236. The van der Waals surface area contributed by atoms with Crippen LogP contribution in [0, 0.1) is 41.4 Å². The van der Waals surface area contributed by atoms with Crippen LogP contribution in [0.2, 0.25) is 0 Å². The Morgan fingerprint density at radius 2 is 2.13 bits per heavy atom. The largest absolute Gasteiger partial charge is 0.465 e. The van der Waals surface area contributed by atoms with E-state index in [2.05, 4.69) is 42.6 Å². The maximum atomic E-state index is 13.1. The third-order valence-electron chi connectivity index (χ3n) is 6.76. The van der Waals surface area contributed by atoms with Crippen molar-refractivity contribution in [3.05, 3.63) is 23.4 Å². The van der Waals surface area contributed by atoms with Gasteiger partial charge in [0.05, 0.1) is 12.0 Å². The number of carbonyl (C=O) groups is 1. The number of nitrogens with zero attached hydrogens (tertiary/aromatic N) is 5. The Hall–Kier alpha value is -3.73. The summed E-state index contributed by atoms with van der Waals surface area (Å²) in [7, 11) is 0.999. The molecule has 0 aromatic heterocycles. The van der Waals surface area contributed by atoms with E-state index >= 15 is 0 Å². The first kappa shape index (κ1) is 29.8. The fourth-order valence-electron chi connectivity index (χ4n) is 5.05. The Balaban J connectivity index is 1.64. The molecule has 1 aliphatic heterocycles. The van der Waals surface area contributed by atoms with Gasteiger partial charge in [0.1, 0.15) is 7.11 Å². The van der Waals surface area contributed by atoms with E-state index in [-0.39, 0.29) is 25.0 Å². The molecule has 1 N–H and O–H groups in total. The Kier molecular flexibility index (Phi) is 9.85. The van der Waals surface area contributed by atoms with Crippen LogP contribution in [0.4, 0.5) is 18.0 Å². The minimum absolute atomic E-state index is 0.0155. The van der Waals surface area contributed by atoms with Crippen molar-refractivity contribution >= 4 is 24.5 Å². The van der Waals surface area contributed by atoms with Gasteiger partial charge in [-0.25, -0.2) is 9.79 Å². The number of fused-ring (bicyclic) bond motifs is 1. The molecule has 1 saturated carbocycles. The molecular weight excluding hydrogens is 511 g/mol. The van der Waals surface area contributed by atoms with Crippen molar-refractivity contribution in [2.24, 2.45) is 32.4 Å². The number of terminal acetylenes is 1. The predicted molar refractivity (Wildman–Crippen MR) is 144 cm³/mol. The summed E-state index contributed by atoms with van der Waals surface area (Å²) in [6.07, 6.45) is 10.7. The highest BCUT2D eigenvalue weighted by atomic mass is 19.4. The third kappa shape index (κ3) is 8.64. The van der Waals surface area contributed by atoms with E-state index in [4.69, 9.17) is 6.42 Å². The van der Waals surface area contributed by atoms with Crippen LogP contribution in [0.3, 0.4) is 0 Å². The lowest BCUT2D eigenvalue weighted by molar-refractivity contribution is -0.0625. The number of hydrogen-bond donors (Lipinski definition) is 1. The molecule has 3 atom stereocenters. The second-order valence-corrected chi connectivity index (χ2v) is 10.6. The molecule has 210 valence electrons. The van der Waals surface area contributed by atoms with Crippen molar-refractivity contribution in [3.8, 4) is 24.2 Å². The van der Waals surface area contributed by atoms with E-state index in [1.165, 1.54) is 4.90 Å². The predicted octanol–water partition coefficient (Wildman–Crippen LogP) is 4.96. The summed E-state index contributed by atoms with van der Waals surface area (Å²) >= 11 is 0. The Bertz CT molecular complexity index is 1170. The quantitative estimate of drug-likeness (QED) is 0.202. The third-order valence-corrected chi connectivity index (χ3v) is 6.76. The van der Waals surface area contributed by atoms with Crippen LogP contribution in [0.5, 0.6) is 0 Å². The highest BCUT2D eigenvalue weighted by Crippen LogP contribution is 2.33. The molecule has 3 aliphatic rings. The van der Waals surface area contributed by atoms with Gasteiger partial charge in [-0.1, -0.05) is 49.3 Å². The summed E-state index contributed by atoms with van der Waals surface area (Å²) in [6.45, 7) is 4.26. The number of hydrogen-bond acceptors (Lipinski definition) is 5. The molecule has 0 bridgehead atoms. The lowest BCUT2D eigenvalue weighted by Crippen LogP contribution is -2.43. The topological polar surface area (TPSA) is 90.1 Å². The summed E-state index contributed by atoms with van der Waals surface area (Å²) in [5, 5.41) is 12.8. The van der Waals surface area contributed by atoms with Gasteiger partial charge in [-0.2, -0.15) is 13.2 Å². The number of amides is 1. The summed E-state index contributed by atoms with van der Waals surface area (Å²) in [5.74, 6) is 7.95. The van der Waals surface area contributed by atoms with Crippen molar-refractivity contribution < 1.29 is 27.9 Å². The van der Waals surface area contributed by atoms with Crippen molar-refractivity contribution in [1.82, 2.24) is 9.80 Å². The van der Waals surface area contributed by atoms with Crippen molar-refractivity contribution in [2.75, 3.05) is 26.7 Å². The van der Waals surface area contributed by atoms with Crippen LogP contribution >= 0.6 is 0 Å². The second kappa shape index (κ2) is 12.9. The number of alkyl halides is 3. The van der Waals surface area contributed by atoms with Crippen LogP contribution in [-0.4, -0.2) is 78.4 Å². The van der Waals surface area contributed by atoms with Crippen molar-refractivity contribution in [2.45, 2.75) is 58.2 Å². The zero-order valence-corrected chi connectivity index (χ0v) is 22.4. The SMILES string of the molecule is C#CC1=CCC#CC2N=CN(CC3CCCC(CN(CC(C)(C)C=N/C(=N\OC)C(F)(F)F)C(=O)O)C3)C2=C1. The maximum Gasteiger partial charge on any atom is 0.454 e. The minimum atomic E-state index is -4.79. The van der Waals surface area contributed by atoms with Gasteiger partial charge in [0.2, 0.25) is 0 Å². The first-order valence-electron chi connectivity index (χ1n) is 12.8. The van der Waals surface area contributed by atoms with E-state index < -0.39 is 23.5 Å². The molecule has 2 aliphatic carbocycles. The van der Waals surface area contributed by atoms with Gasteiger partial charge >= 0.3 is 12.3 Å². The number of oxime groups is 1. The molecule has 3 unspecified atom stereocenters. The Morgan fingerprint density at radius 1 is 1.38 bits per heavy atom. The van der Waals surface area contributed by atoms with Crippen LogP contribution in [-0.2, 0) is 4.84 Å². The summed E-state index contributed by atoms with van der Waals surface area (Å²) < 4.78 is 39.2. The zero-order valence-electron chi connectivity index (χ0n) is 22.4. The molecule has 0 saturated heterocycles. The molecule has 1 heterocycles. The van der Waals surface area contributed by atoms with E-state index in [0.717, 1.165) is 56.8 Å². The summed E-state index contributed by atoms with van der Waals surface area (Å²) in [4.78, 5) is 27.7. The van der Waals surface area contributed by atoms with Gasteiger partial charge in [0.15, 0.2) is 6.04 Å². The molecule has 8 nitrogen and oxygen atoms in total. The van der Waals surface area contributed by atoms with Crippen LogP contribution in [0.15, 0.2) is 38.6 Å². The number of amidine groups is 1. The molecule has 0 aromatic carbocycles. The highest BCUT2D eigenvalue weighted by molar-refractivity contribution is 5.94. The maximum absolute atomic E-state index is 13.1. The zero-order chi connectivity index (χ0) is 28.6. The van der Waals surface area contributed by atoms with Crippen LogP contribution in [0.1, 0.15) is 46.0 Å². The molecule has 1 fully saturated rings. The molecule has 0 radical (unpaired) electrons. The Morgan fingerprint density at radius 3 is 2.79 bits per heavy atom. The van der Waals surface area contributed by atoms with Gasteiger partial charge in [-0.05, 0) is 37.2 Å². The smallest absolute Gasteiger partial charge is 0.454 e. The normalized spacial score (nSPS) is 23.6.